The van der Waals surface area contributed by atoms with Crippen molar-refractivity contribution in [3.05, 3.63) is 47.0 Å². The number of carbonyl (C=O) groups excluding carboxylic acids is 1. The number of hydrogen-bond donors (Lipinski definition) is 2. The quantitative estimate of drug-likeness (QED) is 0.679. The Morgan fingerprint density at radius 1 is 1.22 bits per heavy atom. The molecule has 0 radical (unpaired) electrons. The van der Waals surface area contributed by atoms with Crippen LogP contribution in [0, 0.1) is 11.7 Å². The molecule has 4 rings (SSSR count). The van der Waals surface area contributed by atoms with E-state index in [1.807, 2.05) is 5.32 Å². The lowest BCUT2D eigenvalue weighted by molar-refractivity contribution is -0.143. The number of nitrogens with zero attached hydrogens (tertiary/aromatic N) is 2. The average molecular weight is 467 g/mol. The molecule has 1 amide bonds. The van der Waals surface area contributed by atoms with Crippen LogP contribution in [0.5, 0.6) is 0 Å². The fraction of sp³-hybridized carbons (Fsp3) is 0.474. The van der Waals surface area contributed by atoms with Crippen LogP contribution >= 0.6 is 0 Å². The number of ether oxygens (including phenoxy) is 1. The van der Waals surface area contributed by atoms with Crippen LogP contribution < -0.4 is 5.32 Å². The average Bonchev–Trinajstić information content (AvgIpc) is 3.33. The first-order valence-electron chi connectivity index (χ1n) is 9.39. The molecule has 3 heterocycles. The van der Waals surface area contributed by atoms with Crippen LogP contribution in [-0.4, -0.2) is 39.1 Å². The summed E-state index contributed by atoms with van der Waals surface area (Å²) in [5.74, 6) is -4.78. The molecule has 5 atom stereocenters. The van der Waals surface area contributed by atoms with Crippen molar-refractivity contribution in [2.24, 2.45) is 13.0 Å². The molecule has 1 aromatic carbocycles. The fourth-order valence-electron chi connectivity index (χ4n) is 4.40. The van der Waals surface area contributed by atoms with E-state index >= 15 is 0 Å². The minimum atomic E-state index is -4.86. The second kappa shape index (κ2) is 7.44. The molecule has 2 bridgehead atoms. The highest BCUT2D eigenvalue weighted by Crippen LogP contribution is 2.51. The van der Waals surface area contributed by atoms with Gasteiger partial charge in [0.05, 0.1) is 35.5 Å². The molecule has 2 aromatic rings. The van der Waals surface area contributed by atoms with E-state index in [-0.39, 0.29) is 6.42 Å². The summed E-state index contributed by atoms with van der Waals surface area (Å²) in [4.78, 5) is 12.9. The predicted molar refractivity (Wildman–Crippen MR) is 93.8 cm³/mol. The van der Waals surface area contributed by atoms with Crippen LogP contribution in [0.4, 0.5) is 36.4 Å². The number of amides is 1. The summed E-state index contributed by atoms with van der Waals surface area (Å²) in [6, 6.07) is 1.42. The summed E-state index contributed by atoms with van der Waals surface area (Å²) in [5, 5.41) is 15.6. The molecule has 2 aliphatic heterocycles. The minimum Gasteiger partial charge on any atom is -0.390 e. The molecule has 6 nitrogen and oxygen atoms in total. The molecule has 2 saturated heterocycles. The molecule has 174 valence electrons. The molecule has 0 saturated carbocycles. The van der Waals surface area contributed by atoms with Gasteiger partial charge in [-0.2, -0.15) is 31.4 Å². The van der Waals surface area contributed by atoms with Gasteiger partial charge in [-0.3, -0.25) is 9.48 Å². The molecule has 1 aromatic heterocycles. The number of aliphatic hydroxyl groups is 1. The Morgan fingerprint density at radius 3 is 2.53 bits per heavy atom. The first kappa shape index (κ1) is 22.5. The number of alkyl halides is 6. The van der Waals surface area contributed by atoms with E-state index in [0.29, 0.717) is 18.2 Å². The van der Waals surface area contributed by atoms with Crippen LogP contribution in [0.25, 0.3) is 0 Å². The van der Waals surface area contributed by atoms with Crippen LogP contribution in [-0.2, 0) is 28.9 Å². The summed E-state index contributed by atoms with van der Waals surface area (Å²) in [7, 11) is 1.25. The van der Waals surface area contributed by atoms with E-state index in [9.17, 15) is 40.6 Å². The van der Waals surface area contributed by atoms with Crippen molar-refractivity contribution in [1.82, 2.24) is 9.78 Å². The normalized spacial score (nSPS) is 27.7. The van der Waals surface area contributed by atoms with E-state index in [2.05, 4.69) is 5.10 Å². The maximum Gasteiger partial charge on any atom is 0.435 e. The maximum atomic E-state index is 14.1. The zero-order valence-electron chi connectivity index (χ0n) is 16.2. The Kier molecular flexibility index (Phi) is 5.24. The Balaban J connectivity index is 1.70. The summed E-state index contributed by atoms with van der Waals surface area (Å²) >= 11 is 0. The maximum absolute atomic E-state index is 14.1. The first-order valence-corrected chi connectivity index (χ1v) is 9.39. The van der Waals surface area contributed by atoms with Crippen LogP contribution in [0.3, 0.4) is 0 Å². The highest BCUT2D eigenvalue weighted by Gasteiger charge is 2.59. The lowest BCUT2D eigenvalue weighted by Gasteiger charge is -2.30. The third-order valence-corrected chi connectivity index (χ3v) is 5.67. The Bertz CT molecular complexity index is 1050. The number of aliphatic hydroxyl groups excluding tert-OH is 1. The van der Waals surface area contributed by atoms with Crippen molar-refractivity contribution in [2.45, 2.75) is 43.0 Å². The lowest BCUT2D eigenvalue weighted by Crippen LogP contribution is -2.41. The minimum absolute atomic E-state index is 0.0636. The largest absolute Gasteiger partial charge is 0.435 e. The number of halogens is 7. The number of nitrogens with one attached hydrogen (secondary N) is 1. The van der Waals surface area contributed by atoms with Crippen molar-refractivity contribution in [2.75, 3.05) is 5.32 Å². The van der Waals surface area contributed by atoms with Crippen molar-refractivity contribution >= 4 is 11.6 Å². The Hall–Kier alpha value is -2.67. The third-order valence-electron chi connectivity index (χ3n) is 5.67. The van der Waals surface area contributed by atoms with Gasteiger partial charge in [0.25, 0.3) is 0 Å². The molecule has 2 N–H and O–H groups in total. The smallest absolute Gasteiger partial charge is 0.390 e. The van der Waals surface area contributed by atoms with Gasteiger partial charge in [0.15, 0.2) is 5.69 Å². The summed E-state index contributed by atoms with van der Waals surface area (Å²) < 4.78 is 99.9. The van der Waals surface area contributed by atoms with Crippen LogP contribution in [0.2, 0.25) is 0 Å². The van der Waals surface area contributed by atoms with Crippen molar-refractivity contribution in [3.8, 4) is 0 Å². The van der Waals surface area contributed by atoms with Crippen molar-refractivity contribution < 1.29 is 45.4 Å². The molecule has 0 spiro atoms. The van der Waals surface area contributed by atoms with Gasteiger partial charge in [0, 0.05) is 31.1 Å². The highest BCUT2D eigenvalue weighted by molar-refractivity contribution is 5.94. The number of fused-ring (bicyclic) bond motifs is 2. The van der Waals surface area contributed by atoms with Gasteiger partial charge in [0.1, 0.15) is 5.82 Å². The predicted octanol–water partition coefficient (Wildman–Crippen LogP) is 3.47. The number of benzene rings is 1. The summed E-state index contributed by atoms with van der Waals surface area (Å²) in [5.41, 5.74) is -3.64. The number of rotatable bonds is 3. The zero-order valence-corrected chi connectivity index (χ0v) is 16.2. The van der Waals surface area contributed by atoms with Crippen molar-refractivity contribution in [3.63, 3.8) is 0 Å². The van der Waals surface area contributed by atoms with E-state index < -0.39 is 76.7 Å². The third kappa shape index (κ3) is 3.83. The monoisotopic (exact) mass is 467 g/mol. The van der Waals surface area contributed by atoms with E-state index in [0.717, 1.165) is 10.9 Å². The van der Waals surface area contributed by atoms with E-state index in [1.54, 1.807) is 0 Å². The van der Waals surface area contributed by atoms with Gasteiger partial charge in [-0.1, -0.05) is 0 Å². The second-order valence-corrected chi connectivity index (χ2v) is 7.78. The van der Waals surface area contributed by atoms with E-state index in [1.165, 1.54) is 7.05 Å². The van der Waals surface area contributed by atoms with Crippen LogP contribution in [0.1, 0.15) is 29.2 Å². The summed E-state index contributed by atoms with van der Waals surface area (Å²) in [6.45, 7) is 0. The second-order valence-electron chi connectivity index (χ2n) is 7.78. The molecule has 13 heteroatoms. The highest BCUT2D eigenvalue weighted by atomic mass is 19.4. The Labute approximate surface area is 176 Å². The first-order chi connectivity index (χ1) is 14.8. The standard InChI is InChI=1S/C19H16F7N3O3/c1-29-6-8(16(28-29)19(24,25)26)13-14(12-5-11(30)15(13)32-12)17(31)27-10-4-7(18(21,22)23)2-3-9(10)20/h2-4,6,11-15,30H,5H2,1H3,(H,27,31). The molecule has 2 fully saturated rings. The molecular weight excluding hydrogens is 451 g/mol. The van der Waals surface area contributed by atoms with Gasteiger partial charge in [-0.05, 0) is 18.2 Å². The number of aromatic nitrogens is 2. The van der Waals surface area contributed by atoms with Gasteiger partial charge < -0.3 is 15.2 Å². The molecular formula is C19H16F7N3O3. The van der Waals surface area contributed by atoms with Gasteiger partial charge in [-0.25, -0.2) is 4.39 Å². The number of anilines is 1. The lowest BCUT2D eigenvalue weighted by atomic mass is 9.73. The Morgan fingerprint density at radius 2 is 1.91 bits per heavy atom. The van der Waals surface area contributed by atoms with Gasteiger partial charge in [0.2, 0.25) is 5.91 Å². The zero-order chi connectivity index (χ0) is 23.6. The topological polar surface area (TPSA) is 76.4 Å². The van der Waals surface area contributed by atoms with E-state index in [4.69, 9.17) is 4.74 Å². The SMILES string of the molecule is Cn1cc(C2C3OC(CC3O)C2C(=O)Nc2cc(C(F)(F)F)ccc2F)c(C(F)(F)F)n1. The number of carbonyl (C=O) groups is 1. The van der Waals surface area contributed by atoms with Gasteiger partial charge >= 0.3 is 12.4 Å². The van der Waals surface area contributed by atoms with Crippen LogP contribution in [0.15, 0.2) is 24.4 Å². The van der Waals surface area contributed by atoms with Gasteiger partial charge in [-0.15, -0.1) is 0 Å². The molecule has 2 aliphatic rings. The van der Waals surface area contributed by atoms with Crippen molar-refractivity contribution in [1.29, 1.82) is 0 Å². The number of hydrogen-bond acceptors (Lipinski definition) is 4. The molecule has 5 unspecified atom stereocenters. The molecule has 0 aliphatic carbocycles. The molecule has 32 heavy (non-hydrogen) atoms. The summed E-state index contributed by atoms with van der Waals surface area (Å²) in [6.07, 6.45) is -12.0. The number of aryl methyl sites for hydroxylation is 1. The fourth-order valence-corrected chi connectivity index (χ4v) is 4.40.